The van der Waals surface area contributed by atoms with Crippen LogP contribution in [0.3, 0.4) is 0 Å². The van der Waals surface area contributed by atoms with Crippen molar-refractivity contribution in [3.8, 4) is 0 Å². The average molecular weight is 359 g/mol. The number of amides is 4. The van der Waals surface area contributed by atoms with E-state index in [-0.39, 0.29) is 6.54 Å². The van der Waals surface area contributed by atoms with E-state index < -0.39 is 23.3 Å². The van der Waals surface area contributed by atoms with E-state index in [0.717, 1.165) is 18.0 Å². The molecule has 3 rings (SSSR count). The Hall–Kier alpha value is -2.25. The molecule has 0 N–H and O–H groups in total. The van der Waals surface area contributed by atoms with Crippen molar-refractivity contribution >= 4 is 17.8 Å². The first-order valence-electron chi connectivity index (χ1n) is 9.02. The minimum atomic E-state index is -1.34. The van der Waals surface area contributed by atoms with Crippen LogP contribution in [0.4, 0.5) is 4.79 Å². The number of ether oxygens (including phenoxy) is 1. The lowest BCUT2D eigenvalue weighted by atomic mass is 9.74. The summed E-state index contributed by atoms with van der Waals surface area (Å²) < 4.78 is 5.33. The summed E-state index contributed by atoms with van der Waals surface area (Å²) in [6.07, 6.45) is 0.306. The van der Waals surface area contributed by atoms with Crippen LogP contribution in [0.2, 0.25) is 0 Å². The summed E-state index contributed by atoms with van der Waals surface area (Å²) in [7, 11) is 1.45. The molecular formula is C19H25N3O4. The molecule has 1 aromatic rings. The van der Waals surface area contributed by atoms with Gasteiger partial charge >= 0.3 is 6.03 Å². The number of rotatable bonds is 5. The lowest BCUT2D eigenvalue weighted by molar-refractivity contribution is -0.151. The molecular weight excluding hydrogens is 334 g/mol. The zero-order valence-corrected chi connectivity index (χ0v) is 15.3. The Kier molecular flexibility index (Phi) is 5.38. The van der Waals surface area contributed by atoms with Gasteiger partial charge in [0.25, 0.3) is 11.8 Å². The van der Waals surface area contributed by atoms with Crippen LogP contribution in [-0.2, 0) is 19.7 Å². The third kappa shape index (κ3) is 3.01. The van der Waals surface area contributed by atoms with Gasteiger partial charge in [-0.25, -0.2) is 4.79 Å². The third-order valence-corrected chi connectivity index (χ3v) is 5.34. The number of likely N-dealkylation sites (N-methyl/N-ethyl adjacent to an activating group) is 1. The van der Waals surface area contributed by atoms with Gasteiger partial charge in [-0.05, 0) is 12.0 Å². The van der Waals surface area contributed by atoms with E-state index in [1.54, 1.807) is 12.1 Å². The van der Waals surface area contributed by atoms with Gasteiger partial charge in [-0.15, -0.1) is 0 Å². The van der Waals surface area contributed by atoms with E-state index in [2.05, 4.69) is 4.90 Å². The first-order chi connectivity index (χ1) is 12.5. The maximum Gasteiger partial charge on any atom is 0.333 e. The average Bonchev–Trinajstić information content (AvgIpc) is 2.69. The summed E-state index contributed by atoms with van der Waals surface area (Å²) in [5.74, 6) is -0.878. The Labute approximate surface area is 153 Å². The Bertz CT molecular complexity index is 687. The fraction of sp³-hybridized carbons (Fsp3) is 0.526. The van der Waals surface area contributed by atoms with E-state index in [4.69, 9.17) is 4.74 Å². The van der Waals surface area contributed by atoms with E-state index in [0.29, 0.717) is 31.7 Å². The largest absolute Gasteiger partial charge is 0.379 e. The molecule has 4 amide bonds. The molecule has 1 unspecified atom stereocenters. The summed E-state index contributed by atoms with van der Waals surface area (Å²) in [6, 6.07) is 8.47. The van der Waals surface area contributed by atoms with Crippen LogP contribution in [-0.4, -0.2) is 79.0 Å². The maximum atomic E-state index is 13.3. The van der Waals surface area contributed by atoms with E-state index in [1.807, 2.05) is 25.1 Å². The number of carbonyl (C=O) groups excluding carboxylic acids is 3. The minimum Gasteiger partial charge on any atom is -0.379 e. The standard InChI is InChI=1S/C19H25N3O4/c1-3-19(15-7-5-4-6-8-15)16(23)20(2)18(25)22(17(19)24)10-9-21-11-13-26-14-12-21/h4-8H,3,9-14H2,1-2H3. The predicted molar refractivity (Wildman–Crippen MR) is 95.5 cm³/mol. The molecule has 26 heavy (non-hydrogen) atoms. The van der Waals surface area contributed by atoms with Crippen molar-refractivity contribution in [2.24, 2.45) is 0 Å². The lowest BCUT2D eigenvalue weighted by Crippen LogP contribution is -2.66. The van der Waals surface area contributed by atoms with Gasteiger partial charge in [-0.1, -0.05) is 37.3 Å². The Balaban J connectivity index is 1.89. The van der Waals surface area contributed by atoms with Gasteiger partial charge in [-0.2, -0.15) is 0 Å². The summed E-state index contributed by atoms with van der Waals surface area (Å²) in [5.41, 5.74) is -0.706. The van der Waals surface area contributed by atoms with Crippen molar-refractivity contribution in [2.45, 2.75) is 18.8 Å². The second kappa shape index (κ2) is 7.55. The molecule has 2 saturated heterocycles. The normalized spacial score (nSPS) is 25.1. The van der Waals surface area contributed by atoms with Gasteiger partial charge in [-0.3, -0.25) is 24.3 Å². The molecule has 7 nitrogen and oxygen atoms in total. The summed E-state index contributed by atoms with van der Waals surface area (Å²) in [4.78, 5) is 43.4. The molecule has 0 aromatic heterocycles. The Morgan fingerprint density at radius 3 is 2.27 bits per heavy atom. The van der Waals surface area contributed by atoms with Crippen molar-refractivity contribution in [2.75, 3.05) is 46.4 Å². The highest BCUT2D eigenvalue weighted by Crippen LogP contribution is 2.36. The molecule has 2 fully saturated rings. The van der Waals surface area contributed by atoms with Crippen molar-refractivity contribution in [3.63, 3.8) is 0 Å². The van der Waals surface area contributed by atoms with Gasteiger partial charge in [0.2, 0.25) is 0 Å². The number of hydrogen-bond donors (Lipinski definition) is 0. The van der Waals surface area contributed by atoms with Gasteiger partial charge in [0.15, 0.2) is 5.41 Å². The van der Waals surface area contributed by atoms with Crippen LogP contribution in [0, 0.1) is 0 Å². The predicted octanol–water partition coefficient (Wildman–Crippen LogP) is 1.09. The summed E-state index contributed by atoms with van der Waals surface area (Å²) >= 11 is 0. The van der Waals surface area contributed by atoms with Crippen LogP contribution < -0.4 is 0 Å². The monoisotopic (exact) mass is 359 g/mol. The SMILES string of the molecule is CCC1(c2ccccc2)C(=O)N(C)C(=O)N(CCN2CCOCC2)C1=O. The molecule has 0 saturated carbocycles. The molecule has 7 heteroatoms. The van der Waals surface area contributed by atoms with Gasteiger partial charge in [0, 0.05) is 33.2 Å². The summed E-state index contributed by atoms with van der Waals surface area (Å²) in [6.45, 7) is 5.53. The molecule has 0 bridgehead atoms. The lowest BCUT2D eigenvalue weighted by Gasteiger charge is -2.43. The number of nitrogens with zero attached hydrogens (tertiary/aromatic N) is 3. The summed E-state index contributed by atoms with van der Waals surface area (Å²) in [5, 5.41) is 0. The van der Waals surface area contributed by atoms with Crippen molar-refractivity contribution < 1.29 is 19.1 Å². The second-order valence-corrected chi connectivity index (χ2v) is 6.68. The van der Waals surface area contributed by atoms with Gasteiger partial charge in [0.05, 0.1) is 13.2 Å². The van der Waals surface area contributed by atoms with Crippen LogP contribution in [0.1, 0.15) is 18.9 Å². The smallest absolute Gasteiger partial charge is 0.333 e. The Morgan fingerprint density at radius 2 is 1.65 bits per heavy atom. The fourth-order valence-electron chi connectivity index (χ4n) is 3.70. The molecule has 0 spiro atoms. The Morgan fingerprint density at radius 1 is 1.00 bits per heavy atom. The molecule has 0 aliphatic carbocycles. The van der Waals surface area contributed by atoms with Crippen molar-refractivity contribution in [3.05, 3.63) is 35.9 Å². The number of urea groups is 1. The van der Waals surface area contributed by atoms with Gasteiger partial charge in [0.1, 0.15) is 0 Å². The number of benzene rings is 1. The number of hydrogen-bond acceptors (Lipinski definition) is 5. The van der Waals surface area contributed by atoms with Gasteiger partial charge < -0.3 is 4.74 Å². The highest BCUT2D eigenvalue weighted by molar-refractivity contribution is 6.22. The van der Waals surface area contributed by atoms with Crippen molar-refractivity contribution in [1.29, 1.82) is 0 Å². The number of barbiturate groups is 1. The van der Waals surface area contributed by atoms with E-state index >= 15 is 0 Å². The topological polar surface area (TPSA) is 70.2 Å². The van der Waals surface area contributed by atoms with E-state index in [1.165, 1.54) is 11.9 Å². The zero-order valence-electron chi connectivity index (χ0n) is 15.3. The molecule has 2 aliphatic rings. The minimum absolute atomic E-state index is 0.268. The second-order valence-electron chi connectivity index (χ2n) is 6.68. The first-order valence-corrected chi connectivity index (χ1v) is 9.02. The molecule has 140 valence electrons. The van der Waals surface area contributed by atoms with Crippen LogP contribution in [0.5, 0.6) is 0 Å². The quantitative estimate of drug-likeness (QED) is 0.736. The van der Waals surface area contributed by atoms with Crippen LogP contribution in [0.15, 0.2) is 30.3 Å². The molecule has 2 heterocycles. The highest BCUT2D eigenvalue weighted by atomic mass is 16.5. The molecule has 2 aliphatic heterocycles. The molecule has 1 aromatic carbocycles. The maximum absolute atomic E-state index is 13.3. The number of imide groups is 2. The van der Waals surface area contributed by atoms with Crippen molar-refractivity contribution in [1.82, 2.24) is 14.7 Å². The van der Waals surface area contributed by atoms with Crippen LogP contribution in [0.25, 0.3) is 0 Å². The molecule has 0 radical (unpaired) electrons. The molecule has 1 atom stereocenters. The number of carbonyl (C=O) groups is 3. The number of morpholine rings is 1. The van der Waals surface area contributed by atoms with Crippen LogP contribution >= 0.6 is 0 Å². The highest BCUT2D eigenvalue weighted by Gasteiger charge is 2.56. The first kappa shape index (κ1) is 18.5. The third-order valence-electron chi connectivity index (χ3n) is 5.34. The van der Waals surface area contributed by atoms with E-state index in [9.17, 15) is 14.4 Å². The fourth-order valence-corrected chi connectivity index (χ4v) is 3.70. The zero-order chi connectivity index (χ0) is 18.7.